The van der Waals surface area contributed by atoms with E-state index in [0.29, 0.717) is 19.1 Å². The predicted octanol–water partition coefficient (Wildman–Crippen LogP) is 1.71. The number of carbonyl (C=O) groups excluding carboxylic acids is 4. The maximum absolute atomic E-state index is 13.9. The van der Waals surface area contributed by atoms with Gasteiger partial charge in [-0.25, -0.2) is 4.79 Å². The summed E-state index contributed by atoms with van der Waals surface area (Å²) in [4.78, 5) is 50.4. The highest BCUT2D eigenvalue weighted by molar-refractivity contribution is 5.97. The lowest BCUT2D eigenvalue weighted by molar-refractivity contribution is -0.385. The van der Waals surface area contributed by atoms with Gasteiger partial charge in [-0.05, 0) is 32.1 Å². The third-order valence-electron chi connectivity index (χ3n) is 8.23. The first-order valence-electron chi connectivity index (χ1n) is 10.6. The molecule has 4 fully saturated rings. The SMILES string of the molecule is CC(=O)O[C@H]1[C@@H](O)[C@H]2C(C)(C)CC[C@@H]3OC(=O)O[C@@]4(C(=O)C[C@](C)(C=O)O[C@]14C)[C@@]32C. The third-order valence-corrected chi connectivity index (χ3v) is 8.23. The molecule has 0 aromatic heterocycles. The molecule has 9 nitrogen and oxygen atoms in total. The van der Waals surface area contributed by atoms with Crippen molar-refractivity contribution >= 4 is 24.2 Å². The van der Waals surface area contributed by atoms with Crippen molar-refractivity contribution in [1.82, 2.24) is 0 Å². The van der Waals surface area contributed by atoms with E-state index in [0.717, 1.165) is 0 Å². The topological polar surface area (TPSA) is 125 Å². The summed E-state index contributed by atoms with van der Waals surface area (Å²) in [6, 6.07) is 0. The van der Waals surface area contributed by atoms with E-state index in [9.17, 15) is 24.3 Å². The van der Waals surface area contributed by atoms with Crippen LogP contribution in [0.4, 0.5) is 4.79 Å². The fourth-order valence-corrected chi connectivity index (χ4v) is 7.28. The summed E-state index contributed by atoms with van der Waals surface area (Å²) >= 11 is 0. The van der Waals surface area contributed by atoms with Crippen molar-refractivity contribution in [2.24, 2.45) is 16.7 Å². The lowest BCUT2D eigenvalue weighted by atomic mass is 9.39. The monoisotopic (exact) mass is 438 g/mol. The highest BCUT2D eigenvalue weighted by Gasteiger charge is 2.85. The lowest BCUT2D eigenvalue weighted by Crippen LogP contribution is -2.89. The van der Waals surface area contributed by atoms with Crippen LogP contribution in [0.15, 0.2) is 0 Å². The van der Waals surface area contributed by atoms with Crippen molar-refractivity contribution in [3.8, 4) is 0 Å². The van der Waals surface area contributed by atoms with Gasteiger partial charge >= 0.3 is 12.1 Å². The Morgan fingerprint density at radius 3 is 2.42 bits per heavy atom. The number of aliphatic hydroxyl groups excluding tert-OH is 1. The summed E-state index contributed by atoms with van der Waals surface area (Å²) in [7, 11) is 0. The molecule has 0 amide bonds. The number of Topliss-reactive ketones (excluding diaryl/α,β-unsaturated/α-hetero) is 1. The van der Waals surface area contributed by atoms with Crippen molar-refractivity contribution < 1.29 is 43.2 Å². The number of ketones is 1. The van der Waals surface area contributed by atoms with Gasteiger partial charge in [0.15, 0.2) is 23.8 Å². The second kappa shape index (κ2) is 6.28. The van der Waals surface area contributed by atoms with Crippen LogP contribution in [0.25, 0.3) is 0 Å². The van der Waals surface area contributed by atoms with Gasteiger partial charge in [0.1, 0.15) is 11.7 Å². The van der Waals surface area contributed by atoms with E-state index in [1.54, 1.807) is 6.92 Å². The normalized spacial score (nSPS) is 50.3. The maximum atomic E-state index is 13.9. The Balaban J connectivity index is 2.05. The molecule has 0 aromatic rings. The van der Waals surface area contributed by atoms with Gasteiger partial charge in [-0.1, -0.05) is 20.8 Å². The molecule has 0 bridgehead atoms. The molecule has 8 atom stereocenters. The first kappa shape index (κ1) is 22.2. The van der Waals surface area contributed by atoms with Crippen LogP contribution in [0, 0.1) is 16.7 Å². The molecular formula is C22H30O9. The fraction of sp³-hybridized carbons (Fsp3) is 0.818. The minimum atomic E-state index is -1.91. The Hall–Kier alpha value is -2.00. The molecule has 1 spiro atoms. The summed E-state index contributed by atoms with van der Waals surface area (Å²) in [5, 5.41) is 11.6. The molecule has 2 saturated carbocycles. The predicted molar refractivity (Wildman–Crippen MR) is 104 cm³/mol. The number of rotatable bonds is 2. The van der Waals surface area contributed by atoms with Gasteiger partial charge in [0.05, 0.1) is 11.5 Å². The van der Waals surface area contributed by atoms with Crippen molar-refractivity contribution in [2.45, 2.75) is 95.9 Å². The van der Waals surface area contributed by atoms with Crippen molar-refractivity contribution in [2.75, 3.05) is 0 Å². The van der Waals surface area contributed by atoms with E-state index in [2.05, 4.69) is 0 Å². The molecule has 0 aromatic carbocycles. The van der Waals surface area contributed by atoms with Crippen molar-refractivity contribution in [3.05, 3.63) is 0 Å². The molecule has 2 saturated heterocycles. The molecule has 2 aliphatic heterocycles. The molecule has 0 unspecified atom stereocenters. The minimum absolute atomic E-state index is 0.322. The first-order valence-corrected chi connectivity index (χ1v) is 10.6. The highest BCUT2D eigenvalue weighted by atomic mass is 16.8. The number of aliphatic hydroxyl groups is 1. The molecule has 2 aliphatic carbocycles. The molecule has 0 radical (unpaired) electrons. The van der Waals surface area contributed by atoms with Crippen LogP contribution < -0.4 is 0 Å². The number of hydrogen-bond acceptors (Lipinski definition) is 9. The number of ether oxygens (including phenoxy) is 4. The van der Waals surface area contributed by atoms with Gasteiger partial charge in [0.2, 0.25) is 5.60 Å². The summed E-state index contributed by atoms with van der Waals surface area (Å²) in [6.45, 7) is 9.80. The smallest absolute Gasteiger partial charge is 0.457 e. The molecule has 4 rings (SSSR count). The fourth-order valence-electron chi connectivity index (χ4n) is 7.28. The highest BCUT2D eigenvalue weighted by Crippen LogP contribution is 2.69. The number of aldehydes is 1. The number of hydrogen-bond donors (Lipinski definition) is 1. The van der Waals surface area contributed by atoms with Crippen LogP contribution in [0.5, 0.6) is 0 Å². The second-order valence-electron chi connectivity index (χ2n) is 10.7. The molecule has 9 heteroatoms. The average molecular weight is 438 g/mol. The van der Waals surface area contributed by atoms with E-state index < -0.39 is 69.8 Å². The Bertz CT molecular complexity index is 867. The number of carbonyl (C=O) groups is 4. The molecule has 1 N–H and O–H groups in total. The van der Waals surface area contributed by atoms with Crippen LogP contribution in [0.1, 0.15) is 60.8 Å². The zero-order chi connectivity index (χ0) is 23.2. The van der Waals surface area contributed by atoms with Gasteiger partial charge in [0.25, 0.3) is 0 Å². The van der Waals surface area contributed by atoms with Crippen molar-refractivity contribution in [3.63, 3.8) is 0 Å². The molecule has 31 heavy (non-hydrogen) atoms. The van der Waals surface area contributed by atoms with Crippen LogP contribution in [0.3, 0.4) is 0 Å². The standard InChI is InChI=1S/C22H30O9/c1-11(24)28-16-14(26)15-18(2,3)8-7-13-20(15,5)22(30-17(27)29-13)12(25)9-19(4,10-23)31-21(16,22)6/h10,13-16,26H,7-9H2,1-6H3/t13-,14-,15-,16-,19+,20-,21+,22-/m0/s1. The van der Waals surface area contributed by atoms with Gasteiger partial charge in [-0.3, -0.25) is 9.59 Å². The van der Waals surface area contributed by atoms with Crippen molar-refractivity contribution in [1.29, 1.82) is 0 Å². The largest absolute Gasteiger partial charge is 0.509 e. The minimum Gasteiger partial charge on any atom is -0.457 e. The second-order valence-corrected chi connectivity index (χ2v) is 10.7. The van der Waals surface area contributed by atoms with E-state index in [1.807, 2.05) is 13.8 Å². The molecular weight excluding hydrogens is 408 g/mol. The van der Waals surface area contributed by atoms with Gasteiger partial charge in [0, 0.05) is 19.3 Å². The summed E-state index contributed by atoms with van der Waals surface area (Å²) in [5.74, 6) is -1.83. The maximum Gasteiger partial charge on any atom is 0.509 e. The van der Waals surface area contributed by atoms with Gasteiger partial charge in [-0.15, -0.1) is 0 Å². The van der Waals surface area contributed by atoms with Crippen LogP contribution in [-0.2, 0) is 33.3 Å². The van der Waals surface area contributed by atoms with E-state index in [4.69, 9.17) is 18.9 Å². The first-order chi connectivity index (χ1) is 14.2. The average Bonchev–Trinajstić information content (AvgIpc) is 2.63. The van der Waals surface area contributed by atoms with Crippen LogP contribution in [0.2, 0.25) is 0 Å². The Morgan fingerprint density at radius 1 is 1.19 bits per heavy atom. The van der Waals surface area contributed by atoms with E-state index in [-0.39, 0.29) is 6.42 Å². The molecule has 4 aliphatic rings. The van der Waals surface area contributed by atoms with Gasteiger partial charge < -0.3 is 28.8 Å². The molecule has 2 heterocycles. The summed E-state index contributed by atoms with van der Waals surface area (Å²) in [6.07, 6.45) is -3.07. The van der Waals surface area contributed by atoms with Crippen LogP contribution >= 0.6 is 0 Å². The third kappa shape index (κ3) is 2.50. The zero-order valence-corrected chi connectivity index (χ0v) is 18.7. The molecule has 172 valence electrons. The summed E-state index contributed by atoms with van der Waals surface area (Å²) < 4.78 is 23.1. The number of esters is 1. The van der Waals surface area contributed by atoms with Crippen LogP contribution in [-0.4, -0.2) is 64.4 Å². The Kier molecular flexibility index (Phi) is 4.50. The Morgan fingerprint density at radius 2 is 1.84 bits per heavy atom. The van der Waals surface area contributed by atoms with Gasteiger partial charge in [-0.2, -0.15) is 0 Å². The van der Waals surface area contributed by atoms with E-state index in [1.165, 1.54) is 20.8 Å². The zero-order valence-electron chi connectivity index (χ0n) is 18.7. The van der Waals surface area contributed by atoms with E-state index >= 15 is 0 Å². The summed E-state index contributed by atoms with van der Waals surface area (Å²) in [5.41, 5.74) is -6.96. The lowest BCUT2D eigenvalue weighted by Gasteiger charge is -2.72. The Labute approximate surface area is 180 Å². The quantitative estimate of drug-likeness (QED) is 0.506.